The van der Waals surface area contributed by atoms with Gasteiger partial charge in [0.2, 0.25) is 0 Å². The summed E-state index contributed by atoms with van der Waals surface area (Å²) in [5.41, 5.74) is 2.13. The zero-order chi connectivity index (χ0) is 14.4. The SMILES string of the molecule is CCOC(=O)CCc1ccc(C(O)C(=O)O)cc1C. The molecule has 0 radical (unpaired) electrons. The van der Waals surface area contributed by atoms with Crippen LogP contribution in [-0.2, 0) is 20.7 Å². The second kappa shape index (κ2) is 6.89. The molecule has 0 aliphatic carbocycles. The van der Waals surface area contributed by atoms with Crippen LogP contribution in [0.2, 0.25) is 0 Å². The van der Waals surface area contributed by atoms with Crippen molar-refractivity contribution >= 4 is 11.9 Å². The van der Waals surface area contributed by atoms with E-state index in [0.717, 1.165) is 11.1 Å². The fourth-order valence-corrected chi connectivity index (χ4v) is 1.78. The molecule has 1 aromatic carbocycles. The van der Waals surface area contributed by atoms with Crippen LogP contribution >= 0.6 is 0 Å². The molecule has 0 spiro atoms. The summed E-state index contributed by atoms with van der Waals surface area (Å²) < 4.78 is 4.84. The Labute approximate surface area is 111 Å². The van der Waals surface area contributed by atoms with Crippen molar-refractivity contribution in [3.63, 3.8) is 0 Å². The van der Waals surface area contributed by atoms with Crippen LogP contribution in [0.1, 0.15) is 36.1 Å². The Balaban J connectivity index is 2.72. The molecule has 0 bridgehead atoms. The lowest BCUT2D eigenvalue weighted by Gasteiger charge is -2.10. The van der Waals surface area contributed by atoms with E-state index in [4.69, 9.17) is 9.84 Å². The molecule has 0 aliphatic rings. The van der Waals surface area contributed by atoms with Crippen LogP contribution in [0.3, 0.4) is 0 Å². The molecule has 0 amide bonds. The van der Waals surface area contributed by atoms with Gasteiger partial charge in [0.25, 0.3) is 0 Å². The lowest BCUT2D eigenvalue weighted by molar-refractivity contribution is -0.147. The molecule has 2 N–H and O–H groups in total. The first-order valence-electron chi connectivity index (χ1n) is 6.11. The van der Waals surface area contributed by atoms with Crippen LogP contribution < -0.4 is 0 Å². The van der Waals surface area contributed by atoms with Gasteiger partial charge in [0.1, 0.15) is 0 Å². The molecule has 0 aliphatic heterocycles. The predicted molar refractivity (Wildman–Crippen MR) is 68.7 cm³/mol. The molecule has 1 aromatic rings. The summed E-state index contributed by atoms with van der Waals surface area (Å²) in [6, 6.07) is 4.92. The third-order valence-corrected chi connectivity index (χ3v) is 2.82. The molecule has 0 saturated heterocycles. The molecule has 1 unspecified atom stereocenters. The van der Waals surface area contributed by atoms with E-state index in [2.05, 4.69) is 0 Å². The van der Waals surface area contributed by atoms with Crippen molar-refractivity contribution in [3.8, 4) is 0 Å². The number of aliphatic hydroxyl groups is 1. The Morgan fingerprint density at radius 1 is 1.37 bits per heavy atom. The van der Waals surface area contributed by atoms with E-state index in [1.807, 2.05) is 6.92 Å². The van der Waals surface area contributed by atoms with E-state index >= 15 is 0 Å². The largest absolute Gasteiger partial charge is 0.479 e. The maximum atomic E-state index is 11.3. The Bertz CT molecular complexity index is 467. The maximum absolute atomic E-state index is 11.3. The second-order valence-electron chi connectivity index (χ2n) is 4.23. The minimum Gasteiger partial charge on any atom is -0.479 e. The number of hydrogen-bond acceptors (Lipinski definition) is 4. The fourth-order valence-electron chi connectivity index (χ4n) is 1.78. The molecule has 0 saturated carbocycles. The monoisotopic (exact) mass is 266 g/mol. The number of carboxylic acids is 1. The molecule has 0 fully saturated rings. The summed E-state index contributed by atoms with van der Waals surface area (Å²) in [6.45, 7) is 3.94. The number of ether oxygens (including phenoxy) is 1. The van der Waals surface area contributed by atoms with Gasteiger partial charge in [0.05, 0.1) is 6.61 Å². The summed E-state index contributed by atoms with van der Waals surface area (Å²) in [7, 11) is 0. The highest BCUT2D eigenvalue weighted by Gasteiger charge is 2.16. The van der Waals surface area contributed by atoms with Gasteiger partial charge in [-0.15, -0.1) is 0 Å². The van der Waals surface area contributed by atoms with Crippen LogP contribution in [0.5, 0.6) is 0 Å². The number of rotatable bonds is 6. The van der Waals surface area contributed by atoms with Crippen LogP contribution in [0.15, 0.2) is 18.2 Å². The van der Waals surface area contributed by atoms with E-state index in [9.17, 15) is 14.7 Å². The molecule has 1 rings (SSSR count). The predicted octanol–water partition coefficient (Wildman–Crippen LogP) is 1.61. The van der Waals surface area contributed by atoms with Crippen molar-refractivity contribution in [1.82, 2.24) is 0 Å². The number of aliphatic hydroxyl groups excluding tert-OH is 1. The van der Waals surface area contributed by atoms with Crippen LogP contribution in [-0.4, -0.2) is 28.8 Å². The van der Waals surface area contributed by atoms with Gasteiger partial charge >= 0.3 is 11.9 Å². The van der Waals surface area contributed by atoms with Crippen LogP contribution in [0.4, 0.5) is 0 Å². The molecule has 1 atom stereocenters. The van der Waals surface area contributed by atoms with Crippen LogP contribution in [0.25, 0.3) is 0 Å². The third kappa shape index (κ3) is 4.37. The van der Waals surface area contributed by atoms with E-state index in [1.54, 1.807) is 25.1 Å². The topological polar surface area (TPSA) is 83.8 Å². The summed E-state index contributed by atoms with van der Waals surface area (Å²) in [5.74, 6) is -1.53. The van der Waals surface area contributed by atoms with Crippen LogP contribution in [0, 0.1) is 6.92 Å². The Hall–Kier alpha value is -1.88. The normalized spacial score (nSPS) is 11.9. The minimum absolute atomic E-state index is 0.253. The lowest BCUT2D eigenvalue weighted by atomic mass is 9.99. The number of esters is 1. The van der Waals surface area contributed by atoms with Crippen molar-refractivity contribution < 1.29 is 24.5 Å². The zero-order valence-corrected chi connectivity index (χ0v) is 11.0. The van der Waals surface area contributed by atoms with E-state index in [0.29, 0.717) is 18.6 Å². The standard InChI is InChI=1S/C14H18O5/c1-3-19-12(15)7-6-10-4-5-11(8-9(10)2)13(16)14(17)18/h4-5,8,13,16H,3,6-7H2,1-2H3,(H,17,18). The number of benzene rings is 1. The Morgan fingerprint density at radius 2 is 2.05 bits per heavy atom. The first-order valence-corrected chi connectivity index (χ1v) is 6.11. The Kier molecular flexibility index (Phi) is 5.51. The fraction of sp³-hybridized carbons (Fsp3) is 0.429. The van der Waals surface area contributed by atoms with E-state index < -0.39 is 12.1 Å². The van der Waals surface area contributed by atoms with Crippen molar-refractivity contribution in [2.45, 2.75) is 32.8 Å². The average molecular weight is 266 g/mol. The molecule has 5 nitrogen and oxygen atoms in total. The third-order valence-electron chi connectivity index (χ3n) is 2.82. The maximum Gasteiger partial charge on any atom is 0.337 e. The quantitative estimate of drug-likeness (QED) is 0.764. The number of carbonyl (C=O) groups excluding carboxylic acids is 1. The van der Waals surface area contributed by atoms with Gasteiger partial charge < -0.3 is 14.9 Å². The molecule has 0 aromatic heterocycles. The van der Waals surface area contributed by atoms with Crippen molar-refractivity contribution in [3.05, 3.63) is 34.9 Å². The molecule has 104 valence electrons. The smallest absolute Gasteiger partial charge is 0.337 e. The number of carbonyl (C=O) groups is 2. The molecule has 0 heterocycles. The van der Waals surface area contributed by atoms with Gasteiger partial charge in [-0.1, -0.05) is 18.2 Å². The highest BCUT2D eigenvalue weighted by atomic mass is 16.5. The zero-order valence-electron chi connectivity index (χ0n) is 11.0. The summed E-state index contributed by atoms with van der Waals surface area (Å²) >= 11 is 0. The number of aliphatic carboxylic acids is 1. The first kappa shape index (κ1) is 15.2. The summed E-state index contributed by atoms with van der Waals surface area (Å²) in [4.78, 5) is 21.9. The molecule has 5 heteroatoms. The van der Waals surface area contributed by atoms with Crippen molar-refractivity contribution in [2.24, 2.45) is 0 Å². The number of aryl methyl sites for hydroxylation is 2. The van der Waals surface area contributed by atoms with Crippen molar-refractivity contribution in [2.75, 3.05) is 6.61 Å². The van der Waals surface area contributed by atoms with Gasteiger partial charge in [-0.25, -0.2) is 4.79 Å². The summed E-state index contributed by atoms with van der Waals surface area (Å²) in [6.07, 6.45) is -0.693. The van der Waals surface area contributed by atoms with Crippen molar-refractivity contribution in [1.29, 1.82) is 0 Å². The van der Waals surface area contributed by atoms with E-state index in [-0.39, 0.29) is 12.4 Å². The van der Waals surface area contributed by atoms with Gasteiger partial charge in [-0.3, -0.25) is 4.79 Å². The van der Waals surface area contributed by atoms with Gasteiger partial charge in [-0.2, -0.15) is 0 Å². The minimum atomic E-state index is -1.52. The van der Waals surface area contributed by atoms with E-state index in [1.165, 1.54) is 0 Å². The molecule has 19 heavy (non-hydrogen) atoms. The van der Waals surface area contributed by atoms with Gasteiger partial charge in [-0.05, 0) is 37.0 Å². The van der Waals surface area contributed by atoms with Gasteiger partial charge in [0.15, 0.2) is 6.10 Å². The second-order valence-corrected chi connectivity index (χ2v) is 4.23. The number of carboxylic acid groups (broad SMARTS) is 1. The number of hydrogen-bond donors (Lipinski definition) is 2. The molecular formula is C14H18O5. The summed E-state index contributed by atoms with van der Waals surface area (Å²) in [5, 5.41) is 18.1. The highest BCUT2D eigenvalue weighted by molar-refractivity contribution is 5.74. The average Bonchev–Trinajstić information content (AvgIpc) is 2.36. The first-order chi connectivity index (χ1) is 8.95. The lowest BCUT2D eigenvalue weighted by Crippen LogP contribution is -2.11. The molecular weight excluding hydrogens is 248 g/mol. The highest BCUT2D eigenvalue weighted by Crippen LogP contribution is 2.19. The van der Waals surface area contributed by atoms with Gasteiger partial charge in [0, 0.05) is 6.42 Å². The Morgan fingerprint density at radius 3 is 2.58 bits per heavy atom.